The van der Waals surface area contributed by atoms with Gasteiger partial charge in [0.05, 0.1) is 18.9 Å². The third-order valence-electron chi connectivity index (χ3n) is 4.43. The Bertz CT molecular complexity index is 1090. The van der Waals surface area contributed by atoms with Gasteiger partial charge in [-0.3, -0.25) is 0 Å². The number of aromatic nitrogens is 2. The number of benzene rings is 2. The Labute approximate surface area is 164 Å². The summed E-state index contributed by atoms with van der Waals surface area (Å²) in [6, 6.07) is 19.7. The van der Waals surface area contributed by atoms with Gasteiger partial charge in [0.25, 0.3) is 0 Å². The zero-order chi connectivity index (χ0) is 19.3. The number of anilines is 1. The van der Waals surface area contributed by atoms with Gasteiger partial charge in [0.1, 0.15) is 5.75 Å². The highest BCUT2D eigenvalue weighted by Gasteiger charge is 2.09. The second-order valence-electron chi connectivity index (χ2n) is 6.72. The van der Waals surface area contributed by atoms with E-state index in [0.29, 0.717) is 13.2 Å². The molecule has 4 rings (SSSR count). The van der Waals surface area contributed by atoms with E-state index in [0.717, 1.165) is 40.5 Å². The molecule has 0 bridgehead atoms. The van der Waals surface area contributed by atoms with Crippen LogP contribution >= 0.6 is 0 Å². The summed E-state index contributed by atoms with van der Waals surface area (Å²) in [5, 5.41) is 0. The molecule has 4 aromatic rings. The topological polar surface area (TPSA) is 61.8 Å². The lowest BCUT2D eigenvalue weighted by Gasteiger charge is -2.09. The van der Waals surface area contributed by atoms with Crippen molar-refractivity contribution >= 4 is 11.3 Å². The first kappa shape index (κ1) is 17.9. The average molecular weight is 373 g/mol. The average Bonchev–Trinajstić information content (AvgIpc) is 3.13. The van der Waals surface area contributed by atoms with Crippen molar-refractivity contribution in [2.24, 2.45) is 0 Å². The molecule has 0 atom stereocenters. The number of nitrogen functional groups attached to an aromatic ring is 1. The summed E-state index contributed by atoms with van der Waals surface area (Å²) in [6.07, 6.45) is 4.74. The van der Waals surface area contributed by atoms with Crippen molar-refractivity contribution < 1.29 is 9.47 Å². The number of fused-ring (bicyclic) bond motifs is 1. The summed E-state index contributed by atoms with van der Waals surface area (Å²) in [7, 11) is 0. The molecule has 0 fully saturated rings. The summed E-state index contributed by atoms with van der Waals surface area (Å²) in [5.74, 6) is 1.65. The SMILES string of the molecule is Cc1cccc(OCCCOc2cccn3cc(-c4cccc(N)c4)nc23)c1. The summed E-state index contributed by atoms with van der Waals surface area (Å²) in [4.78, 5) is 4.73. The second kappa shape index (κ2) is 8.05. The fourth-order valence-corrected chi connectivity index (χ4v) is 3.07. The van der Waals surface area contributed by atoms with Gasteiger partial charge in [-0.1, -0.05) is 24.3 Å². The van der Waals surface area contributed by atoms with Crippen LogP contribution < -0.4 is 15.2 Å². The Morgan fingerprint density at radius 3 is 2.68 bits per heavy atom. The van der Waals surface area contributed by atoms with Gasteiger partial charge in [0.2, 0.25) is 0 Å². The fourth-order valence-electron chi connectivity index (χ4n) is 3.07. The molecule has 5 heteroatoms. The van der Waals surface area contributed by atoms with Crippen LogP contribution in [0.5, 0.6) is 11.5 Å². The molecule has 2 aromatic carbocycles. The summed E-state index contributed by atoms with van der Waals surface area (Å²) in [5.41, 5.74) is 10.5. The maximum Gasteiger partial charge on any atom is 0.180 e. The summed E-state index contributed by atoms with van der Waals surface area (Å²) in [6.45, 7) is 3.22. The molecule has 28 heavy (non-hydrogen) atoms. The van der Waals surface area contributed by atoms with E-state index >= 15 is 0 Å². The minimum absolute atomic E-state index is 0.561. The predicted octanol–water partition coefficient (Wildman–Crippen LogP) is 4.74. The highest BCUT2D eigenvalue weighted by molar-refractivity contribution is 5.68. The molecule has 0 saturated carbocycles. The van der Waals surface area contributed by atoms with Gasteiger partial charge >= 0.3 is 0 Å². The molecule has 2 N–H and O–H groups in total. The standard InChI is InChI=1S/C23H23N3O2/c1-17-6-2-9-20(14-17)27-12-5-13-28-22-10-4-11-26-16-21(25-23(22)26)18-7-3-8-19(24)15-18/h2-4,6-11,14-16H,5,12-13,24H2,1H3. The minimum Gasteiger partial charge on any atom is -0.493 e. The lowest BCUT2D eigenvalue weighted by atomic mass is 10.1. The van der Waals surface area contributed by atoms with Gasteiger partial charge in [-0.05, 0) is 48.9 Å². The smallest absolute Gasteiger partial charge is 0.180 e. The molecule has 0 aliphatic rings. The van der Waals surface area contributed by atoms with Crippen LogP contribution in [0.15, 0.2) is 73.1 Å². The Morgan fingerprint density at radius 2 is 1.82 bits per heavy atom. The maximum absolute atomic E-state index is 5.97. The van der Waals surface area contributed by atoms with Crippen molar-refractivity contribution in [3.05, 3.63) is 78.6 Å². The van der Waals surface area contributed by atoms with Gasteiger partial charge in [-0.15, -0.1) is 0 Å². The fraction of sp³-hybridized carbons (Fsp3) is 0.174. The van der Waals surface area contributed by atoms with Crippen LogP contribution in [0.4, 0.5) is 5.69 Å². The van der Waals surface area contributed by atoms with Crippen LogP contribution in [0.3, 0.4) is 0 Å². The van der Waals surface area contributed by atoms with Crippen molar-refractivity contribution in [1.29, 1.82) is 0 Å². The van der Waals surface area contributed by atoms with Crippen molar-refractivity contribution in [2.45, 2.75) is 13.3 Å². The van der Waals surface area contributed by atoms with E-state index in [1.54, 1.807) is 0 Å². The van der Waals surface area contributed by atoms with E-state index < -0.39 is 0 Å². The largest absolute Gasteiger partial charge is 0.493 e. The molecule has 0 amide bonds. The van der Waals surface area contributed by atoms with Crippen molar-refractivity contribution in [2.75, 3.05) is 18.9 Å². The first-order valence-electron chi connectivity index (χ1n) is 9.35. The van der Waals surface area contributed by atoms with Crippen molar-refractivity contribution in [3.8, 4) is 22.8 Å². The van der Waals surface area contributed by atoms with Gasteiger partial charge in [0, 0.05) is 30.1 Å². The van der Waals surface area contributed by atoms with Crippen LogP contribution in [0.25, 0.3) is 16.9 Å². The van der Waals surface area contributed by atoms with Gasteiger partial charge in [0.15, 0.2) is 11.4 Å². The lowest BCUT2D eigenvalue weighted by molar-refractivity contribution is 0.248. The van der Waals surface area contributed by atoms with E-state index in [2.05, 4.69) is 13.0 Å². The Kier molecular flexibility index (Phi) is 5.15. The van der Waals surface area contributed by atoms with Crippen LogP contribution in [-0.4, -0.2) is 22.6 Å². The molecule has 0 radical (unpaired) electrons. The summed E-state index contributed by atoms with van der Waals surface area (Å²) < 4.78 is 13.7. The molecule has 142 valence electrons. The first-order valence-corrected chi connectivity index (χ1v) is 9.35. The number of hydrogen-bond donors (Lipinski definition) is 1. The van der Waals surface area contributed by atoms with Crippen LogP contribution in [0, 0.1) is 6.92 Å². The molecule has 0 unspecified atom stereocenters. The Morgan fingerprint density at radius 1 is 0.964 bits per heavy atom. The molecule has 0 aliphatic heterocycles. The highest BCUT2D eigenvalue weighted by Crippen LogP contribution is 2.25. The zero-order valence-corrected chi connectivity index (χ0v) is 15.8. The van der Waals surface area contributed by atoms with Gasteiger partial charge in [-0.25, -0.2) is 4.98 Å². The van der Waals surface area contributed by atoms with E-state index in [1.807, 2.05) is 71.4 Å². The second-order valence-corrected chi connectivity index (χ2v) is 6.72. The maximum atomic E-state index is 5.97. The molecule has 2 heterocycles. The molecular weight excluding hydrogens is 350 g/mol. The molecule has 5 nitrogen and oxygen atoms in total. The number of imidazole rings is 1. The number of nitrogens with zero attached hydrogens (tertiary/aromatic N) is 2. The van der Waals surface area contributed by atoms with Crippen LogP contribution in [0.1, 0.15) is 12.0 Å². The quantitative estimate of drug-likeness (QED) is 0.375. The molecule has 0 saturated heterocycles. The molecule has 0 spiro atoms. The number of ether oxygens (including phenoxy) is 2. The number of hydrogen-bond acceptors (Lipinski definition) is 4. The number of rotatable bonds is 7. The normalized spacial score (nSPS) is 10.9. The molecule has 0 aliphatic carbocycles. The summed E-state index contributed by atoms with van der Waals surface area (Å²) >= 11 is 0. The number of aryl methyl sites for hydroxylation is 1. The minimum atomic E-state index is 0.561. The van der Waals surface area contributed by atoms with Crippen molar-refractivity contribution in [1.82, 2.24) is 9.38 Å². The third kappa shape index (κ3) is 4.09. The van der Waals surface area contributed by atoms with E-state index in [-0.39, 0.29) is 0 Å². The van der Waals surface area contributed by atoms with E-state index in [9.17, 15) is 0 Å². The highest BCUT2D eigenvalue weighted by atomic mass is 16.5. The van der Waals surface area contributed by atoms with E-state index in [1.165, 1.54) is 5.56 Å². The van der Waals surface area contributed by atoms with Gasteiger partial charge in [-0.2, -0.15) is 0 Å². The zero-order valence-electron chi connectivity index (χ0n) is 15.8. The molecular formula is C23H23N3O2. The monoisotopic (exact) mass is 373 g/mol. The van der Waals surface area contributed by atoms with Crippen LogP contribution in [-0.2, 0) is 0 Å². The third-order valence-corrected chi connectivity index (χ3v) is 4.43. The Balaban J connectivity index is 1.40. The van der Waals surface area contributed by atoms with Gasteiger partial charge < -0.3 is 19.6 Å². The lowest BCUT2D eigenvalue weighted by Crippen LogP contribution is -2.05. The predicted molar refractivity (Wildman–Crippen MR) is 112 cm³/mol. The number of nitrogens with two attached hydrogens (primary N) is 1. The van der Waals surface area contributed by atoms with Crippen molar-refractivity contribution in [3.63, 3.8) is 0 Å². The Hall–Kier alpha value is -3.47. The number of pyridine rings is 1. The first-order chi connectivity index (χ1) is 13.7. The molecule has 2 aromatic heterocycles. The van der Waals surface area contributed by atoms with Crippen LogP contribution in [0.2, 0.25) is 0 Å². The van der Waals surface area contributed by atoms with E-state index in [4.69, 9.17) is 20.2 Å².